The minimum Gasteiger partial charge on any atom is -0.481 e. The molecule has 3 amide bonds. The fourth-order valence-corrected chi connectivity index (χ4v) is 4.06. The molecule has 2 aromatic rings. The molecule has 1 aliphatic rings. The molecule has 1 aromatic heterocycles. The van der Waals surface area contributed by atoms with E-state index in [2.05, 4.69) is 10.3 Å². The van der Waals surface area contributed by atoms with Crippen LogP contribution in [0.3, 0.4) is 0 Å². The summed E-state index contributed by atoms with van der Waals surface area (Å²) >= 11 is 0. The molecule has 0 radical (unpaired) electrons. The molecular weight excluding hydrogens is 512 g/mol. The van der Waals surface area contributed by atoms with Crippen molar-refractivity contribution in [1.29, 1.82) is 0 Å². The van der Waals surface area contributed by atoms with E-state index >= 15 is 0 Å². The lowest BCUT2D eigenvalue weighted by Gasteiger charge is -2.35. The molecule has 39 heavy (non-hydrogen) atoms. The fourth-order valence-electron chi connectivity index (χ4n) is 4.06. The number of carbonyl (C=O) groups is 5. The molecule has 0 saturated carbocycles. The van der Waals surface area contributed by atoms with Gasteiger partial charge in [0.05, 0.1) is 12.1 Å². The number of hydrogen-bond donors (Lipinski definition) is 3. The van der Waals surface area contributed by atoms with Gasteiger partial charge >= 0.3 is 18.0 Å². The summed E-state index contributed by atoms with van der Waals surface area (Å²) in [6.07, 6.45) is -2.21. The number of carbonyl (C=O) groups excluding carboxylic acids is 3. The second-order valence-electron chi connectivity index (χ2n) is 9.09. The normalized spacial score (nSPS) is 14.8. The summed E-state index contributed by atoms with van der Waals surface area (Å²) in [6, 6.07) is 5.34. The Morgan fingerprint density at radius 3 is 2.33 bits per heavy atom. The molecule has 1 fully saturated rings. The van der Waals surface area contributed by atoms with Crippen molar-refractivity contribution in [3.63, 3.8) is 0 Å². The van der Waals surface area contributed by atoms with E-state index in [0.29, 0.717) is 10.9 Å². The molecule has 2 unspecified atom stereocenters. The molecule has 1 aliphatic heterocycles. The maximum atomic E-state index is 13.3. The third-order valence-corrected chi connectivity index (χ3v) is 6.18. The third-order valence-electron chi connectivity index (χ3n) is 6.18. The predicted octanol–water partition coefficient (Wildman–Crippen LogP) is 1.66. The highest BCUT2D eigenvalue weighted by atomic mass is 16.6. The lowest BCUT2D eigenvalue weighted by Crippen LogP contribution is -2.56. The van der Waals surface area contributed by atoms with Gasteiger partial charge in [-0.25, -0.2) is 14.6 Å². The second-order valence-corrected chi connectivity index (χ2v) is 9.09. The van der Waals surface area contributed by atoms with E-state index < -0.39 is 42.0 Å². The number of nitrogens with zero attached hydrogens (tertiary/aromatic N) is 3. The minimum atomic E-state index is -1.20. The second kappa shape index (κ2) is 12.9. The zero-order valence-electron chi connectivity index (χ0n) is 22.0. The van der Waals surface area contributed by atoms with Gasteiger partial charge in [-0.1, -0.05) is 6.07 Å². The van der Waals surface area contributed by atoms with Crippen LogP contribution in [-0.4, -0.2) is 99.8 Å². The number of aryl methyl sites for hydroxylation is 1. The number of carboxylic acid groups (broad SMARTS) is 2. The van der Waals surface area contributed by atoms with Gasteiger partial charge in [0.1, 0.15) is 17.5 Å². The van der Waals surface area contributed by atoms with Crippen molar-refractivity contribution in [1.82, 2.24) is 20.1 Å². The number of amides is 3. The van der Waals surface area contributed by atoms with E-state index in [4.69, 9.17) is 9.47 Å². The summed E-state index contributed by atoms with van der Waals surface area (Å²) in [6.45, 7) is 5.95. The average molecular weight is 545 g/mol. The minimum absolute atomic E-state index is 0.124. The summed E-state index contributed by atoms with van der Waals surface area (Å²) in [5, 5.41) is 21.6. The summed E-state index contributed by atoms with van der Waals surface area (Å²) in [7, 11) is 0. The van der Waals surface area contributed by atoms with E-state index in [0.717, 1.165) is 5.56 Å². The fraction of sp³-hybridized carbons (Fsp3) is 0.462. The van der Waals surface area contributed by atoms with Crippen molar-refractivity contribution >= 4 is 40.7 Å². The largest absolute Gasteiger partial charge is 0.481 e. The smallest absolute Gasteiger partial charge is 0.409 e. The first-order chi connectivity index (χ1) is 18.5. The summed E-state index contributed by atoms with van der Waals surface area (Å²) < 4.78 is 10.6. The molecule has 210 valence electrons. The summed E-state index contributed by atoms with van der Waals surface area (Å²) in [5.74, 6) is -3.43. The molecular formula is C26H32N4O9. The van der Waals surface area contributed by atoms with Gasteiger partial charge in [0, 0.05) is 44.1 Å². The molecule has 2 heterocycles. The number of hydrogen-bond acceptors (Lipinski definition) is 8. The van der Waals surface area contributed by atoms with Crippen LogP contribution in [0.15, 0.2) is 24.3 Å². The van der Waals surface area contributed by atoms with Crippen LogP contribution < -0.4 is 10.1 Å². The molecule has 1 aromatic carbocycles. The Morgan fingerprint density at radius 2 is 1.72 bits per heavy atom. The maximum Gasteiger partial charge on any atom is 0.409 e. The zero-order valence-corrected chi connectivity index (χ0v) is 22.0. The molecule has 0 spiro atoms. The molecule has 13 heteroatoms. The van der Waals surface area contributed by atoms with Gasteiger partial charge in [0.2, 0.25) is 5.91 Å². The van der Waals surface area contributed by atoms with Gasteiger partial charge in [-0.05, 0) is 44.9 Å². The Bertz CT molecular complexity index is 1260. The van der Waals surface area contributed by atoms with Crippen molar-refractivity contribution in [2.45, 2.75) is 45.8 Å². The van der Waals surface area contributed by atoms with Crippen LogP contribution in [0, 0.1) is 6.92 Å². The van der Waals surface area contributed by atoms with Gasteiger partial charge in [-0.15, -0.1) is 0 Å². The van der Waals surface area contributed by atoms with Crippen LogP contribution >= 0.6 is 0 Å². The Balaban J connectivity index is 1.83. The number of piperazine rings is 1. The van der Waals surface area contributed by atoms with E-state index in [1.807, 2.05) is 6.92 Å². The van der Waals surface area contributed by atoms with Crippen LogP contribution in [0.4, 0.5) is 4.79 Å². The highest BCUT2D eigenvalue weighted by Crippen LogP contribution is 2.27. The van der Waals surface area contributed by atoms with Crippen molar-refractivity contribution < 1.29 is 43.7 Å². The number of rotatable bonds is 10. The number of pyridine rings is 1. The number of fused-ring (bicyclic) bond motifs is 1. The SMILES string of the molecule is CCOC(=O)N1CCN(C(=O)C(CCC(=O)O)NC(=O)c2cc(OC(C)C(=O)O)c3ccc(C)cc3n2)CC1. The summed E-state index contributed by atoms with van der Waals surface area (Å²) in [5.41, 5.74) is 1.11. The van der Waals surface area contributed by atoms with E-state index in [-0.39, 0.29) is 57.1 Å². The molecule has 13 nitrogen and oxygen atoms in total. The first kappa shape index (κ1) is 29.1. The topological polar surface area (TPSA) is 176 Å². The van der Waals surface area contributed by atoms with Crippen LogP contribution in [0.1, 0.15) is 42.7 Å². The lowest BCUT2D eigenvalue weighted by atomic mass is 10.1. The standard InChI is InChI=1S/C26H32N4O9/c1-4-38-26(37)30-11-9-29(10-12-30)24(34)18(7-8-22(31)32)28-23(33)20-14-21(39-16(3)25(35)36)17-6-5-15(2)13-19(17)27-20/h5-6,13-14,16,18H,4,7-12H2,1-3H3,(H,28,33)(H,31,32)(H,35,36). The van der Waals surface area contributed by atoms with Crippen molar-refractivity contribution in [2.75, 3.05) is 32.8 Å². The number of carboxylic acids is 2. The predicted molar refractivity (Wildman–Crippen MR) is 138 cm³/mol. The van der Waals surface area contributed by atoms with E-state index in [1.165, 1.54) is 22.8 Å². The Hall–Kier alpha value is -4.42. The number of ether oxygens (including phenoxy) is 2. The molecule has 2 atom stereocenters. The van der Waals surface area contributed by atoms with Gasteiger partial charge in [0.15, 0.2) is 6.10 Å². The van der Waals surface area contributed by atoms with Gasteiger partial charge in [0.25, 0.3) is 5.91 Å². The maximum absolute atomic E-state index is 13.3. The van der Waals surface area contributed by atoms with Gasteiger partial charge in [-0.2, -0.15) is 0 Å². The number of aliphatic carboxylic acids is 2. The number of aromatic nitrogens is 1. The van der Waals surface area contributed by atoms with Crippen molar-refractivity contribution in [3.8, 4) is 5.75 Å². The highest BCUT2D eigenvalue weighted by Gasteiger charge is 2.31. The molecule has 0 bridgehead atoms. The molecule has 0 aliphatic carbocycles. The van der Waals surface area contributed by atoms with Crippen LogP contribution in [0.25, 0.3) is 10.9 Å². The lowest BCUT2D eigenvalue weighted by molar-refractivity contribution is -0.144. The molecule has 3 rings (SSSR count). The molecule has 3 N–H and O–H groups in total. The summed E-state index contributed by atoms with van der Waals surface area (Å²) in [4.78, 5) is 68.4. The third kappa shape index (κ3) is 7.55. The Morgan fingerprint density at radius 1 is 1.05 bits per heavy atom. The van der Waals surface area contributed by atoms with Gasteiger partial charge < -0.3 is 34.8 Å². The quantitative estimate of drug-likeness (QED) is 0.399. The highest BCUT2D eigenvalue weighted by molar-refractivity contribution is 5.99. The van der Waals surface area contributed by atoms with Crippen molar-refractivity contribution in [3.05, 3.63) is 35.5 Å². The van der Waals surface area contributed by atoms with E-state index in [1.54, 1.807) is 25.1 Å². The monoisotopic (exact) mass is 544 g/mol. The van der Waals surface area contributed by atoms with E-state index in [9.17, 15) is 34.2 Å². The number of nitrogens with one attached hydrogen (secondary N) is 1. The molecule has 1 saturated heterocycles. The van der Waals surface area contributed by atoms with Gasteiger partial charge in [-0.3, -0.25) is 14.4 Å². The van der Waals surface area contributed by atoms with Crippen molar-refractivity contribution in [2.24, 2.45) is 0 Å². The first-order valence-corrected chi connectivity index (χ1v) is 12.5. The number of benzene rings is 1. The zero-order chi connectivity index (χ0) is 28.7. The average Bonchev–Trinajstić information content (AvgIpc) is 2.90. The first-order valence-electron chi connectivity index (χ1n) is 12.5. The Labute approximate surface area is 224 Å². The Kier molecular flexibility index (Phi) is 9.63. The van der Waals surface area contributed by atoms with Crippen LogP contribution in [0.5, 0.6) is 5.75 Å². The van der Waals surface area contributed by atoms with Crippen LogP contribution in [0.2, 0.25) is 0 Å². The van der Waals surface area contributed by atoms with Crippen LogP contribution in [-0.2, 0) is 19.1 Å².